The van der Waals surface area contributed by atoms with Crippen LogP contribution in [0.4, 0.5) is 11.4 Å². The predicted molar refractivity (Wildman–Crippen MR) is 124 cm³/mol. The Hall–Kier alpha value is -2.70. The van der Waals surface area contributed by atoms with Crippen LogP contribution in [0.3, 0.4) is 0 Å². The van der Waals surface area contributed by atoms with E-state index in [9.17, 15) is 9.59 Å². The largest absolute Gasteiger partial charge is 0.326 e. The van der Waals surface area contributed by atoms with Crippen LogP contribution in [0, 0.1) is 0 Å². The van der Waals surface area contributed by atoms with Gasteiger partial charge < -0.3 is 10.6 Å². The average molecular weight is 421 g/mol. The monoisotopic (exact) mass is 420 g/mol. The first-order valence-corrected chi connectivity index (χ1v) is 11.3. The van der Waals surface area contributed by atoms with E-state index >= 15 is 0 Å². The third kappa shape index (κ3) is 5.71. The second-order valence-electron chi connectivity index (χ2n) is 8.65. The quantitative estimate of drug-likeness (QED) is 0.717. The lowest BCUT2D eigenvalue weighted by molar-refractivity contribution is -0.118. The Kier molecular flexibility index (Phi) is 6.99. The number of hydrogen-bond acceptors (Lipinski definition) is 4. The third-order valence-corrected chi connectivity index (χ3v) is 6.34. The molecule has 2 saturated heterocycles. The molecule has 0 aliphatic carbocycles. The fraction of sp³-hybridized carbons (Fsp3) is 0.440. The Morgan fingerprint density at radius 1 is 0.839 bits per heavy atom. The molecule has 164 valence electrons. The molecule has 2 amide bonds. The molecule has 2 heterocycles. The number of likely N-dealkylation sites (tertiary alicyclic amines) is 2. The summed E-state index contributed by atoms with van der Waals surface area (Å²) >= 11 is 0. The summed E-state index contributed by atoms with van der Waals surface area (Å²) in [5, 5.41) is 5.74. The highest BCUT2D eigenvalue weighted by molar-refractivity contribution is 5.93. The molecule has 2 aromatic carbocycles. The number of carbonyl (C=O) groups is 2. The Bertz CT molecular complexity index is 884. The first-order valence-electron chi connectivity index (χ1n) is 11.3. The highest BCUT2D eigenvalue weighted by atomic mass is 16.2. The molecule has 0 spiro atoms. The molecular weight excluding hydrogens is 388 g/mol. The molecule has 2 unspecified atom stereocenters. The van der Waals surface area contributed by atoms with Crippen molar-refractivity contribution in [3.63, 3.8) is 0 Å². The van der Waals surface area contributed by atoms with Gasteiger partial charge in [0.25, 0.3) is 0 Å². The van der Waals surface area contributed by atoms with E-state index in [0.29, 0.717) is 18.6 Å². The van der Waals surface area contributed by atoms with E-state index in [-0.39, 0.29) is 11.8 Å². The van der Waals surface area contributed by atoms with E-state index in [1.54, 1.807) is 12.1 Å². The van der Waals surface area contributed by atoms with E-state index in [2.05, 4.69) is 50.8 Å². The lowest BCUT2D eigenvalue weighted by Crippen LogP contribution is -2.48. The maximum atomic E-state index is 12.7. The normalized spacial score (nSPS) is 21.8. The van der Waals surface area contributed by atoms with Gasteiger partial charge in [-0.3, -0.25) is 19.4 Å². The van der Waals surface area contributed by atoms with Crippen LogP contribution >= 0.6 is 0 Å². The topological polar surface area (TPSA) is 64.7 Å². The number of benzene rings is 2. The molecule has 0 saturated carbocycles. The Morgan fingerprint density at radius 3 is 2.06 bits per heavy atom. The van der Waals surface area contributed by atoms with Crippen LogP contribution in [-0.2, 0) is 16.1 Å². The van der Waals surface area contributed by atoms with Crippen LogP contribution in [0.25, 0.3) is 0 Å². The van der Waals surface area contributed by atoms with Gasteiger partial charge in [0.1, 0.15) is 0 Å². The van der Waals surface area contributed by atoms with Gasteiger partial charge in [0.2, 0.25) is 11.8 Å². The first kappa shape index (κ1) is 21.5. The van der Waals surface area contributed by atoms with E-state index in [1.807, 2.05) is 12.1 Å². The van der Waals surface area contributed by atoms with Crippen molar-refractivity contribution in [3.05, 3.63) is 60.2 Å². The minimum absolute atomic E-state index is 0.0202. The summed E-state index contributed by atoms with van der Waals surface area (Å²) in [5.74, 6) is -0.0862. The van der Waals surface area contributed by atoms with Crippen LogP contribution in [0.1, 0.15) is 38.2 Å². The molecule has 2 aromatic rings. The van der Waals surface area contributed by atoms with Crippen LogP contribution in [0.5, 0.6) is 0 Å². The molecule has 2 fully saturated rings. The lowest BCUT2D eigenvalue weighted by Gasteiger charge is -2.34. The fourth-order valence-electron chi connectivity index (χ4n) is 5.01. The molecule has 4 rings (SSSR count). The predicted octanol–water partition coefficient (Wildman–Crippen LogP) is 3.71. The Labute approximate surface area is 184 Å². The van der Waals surface area contributed by atoms with Crippen LogP contribution in [0.15, 0.2) is 54.6 Å². The first-order chi connectivity index (χ1) is 15.1. The third-order valence-electron chi connectivity index (χ3n) is 6.34. The van der Waals surface area contributed by atoms with Crippen molar-refractivity contribution in [1.82, 2.24) is 9.80 Å². The van der Waals surface area contributed by atoms with Crippen molar-refractivity contribution in [2.75, 3.05) is 30.3 Å². The van der Waals surface area contributed by atoms with Crippen molar-refractivity contribution in [2.24, 2.45) is 0 Å². The maximum Gasteiger partial charge on any atom is 0.238 e. The van der Waals surface area contributed by atoms with Gasteiger partial charge >= 0.3 is 0 Å². The highest BCUT2D eigenvalue weighted by Gasteiger charge is 2.38. The fourth-order valence-corrected chi connectivity index (χ4v) is 5.01. The Morgan fingerprint density at radius 2 is 1.42 bits per heavy atom. The van der Waals surface area contributed by atoms with Crippen LogP contribution < -0.4 is 10.6 Å². The molecule has 31 heavy (non-hydrogen) atoms. The minimum atomic E-state index is -0.106. The van der Waals surface area contributed by atoms with Gasteiger partial charge in [-0.05, 0) is 68.6 Å². The number of amides is 2. The number of rotatable bonds is 7. The van der Waals surface area contributed by atoms with Gasteiger partial charge in [-0.2, -0.15) is 0 Å². The second-order valence-corrected chi connectivity index (χ2v) is 8.65. The maximum absolute atomic E-state index is 12.7. The number of anilines is 2. The van der Waals surface area contributed by atoms with Gasteiger partial charge in [-0.15, -0.1) is 0 Å². The standard InChI is InChI=1S/C25H32N4O2/c1-19(30)26-21-11-13-22(14-12-21)27-25(31)18-29-16-6-10-24(29)23-9-5-15-28(23)17-20-7-3-2-4-8-20/h2-4,7-8,11-14,23-24H,5-6,9-10,15-18H2,1H3,(H,26,30)(H,27,31). The van der Waals surface area contributed by atoms with Gasteiger partial charge in [0.15, 0.2) is 0 Å². The molecule has 2 aliphatic heterocycles. The summed E-state index contributed by atoms with van der Waals surface area (Å²) in [6.45, 7) is 5.01. The molecule has 2 aliphatic rings. The molecule has 0 radical (unpaired) electrons. The number of nitrogens with zero attached hydrogens (tertiary/aromatic N) is 2. The Balaban J connectivity index is 1.33. The molecule has 6 heteroatoms. The van der Waals surface area contributed by atoms with Crippen LogP contribution in [-0.4, -0.2) is 53.3 Å². The van der Waals surface area contributed by atoms with E-state index in [1.165, 1.54) is 25.3 Å². The summed E-state index contributed by atoms with van der Waals surface area (Å²) in [5.41, 5.74) is 2.84. The summed E-state index contributed by atoms with van der Waals surface area (Å²) in [6, 6.07) is 18.9. The zero-order valence-electron chi connectivity index (χ0n) is 18.2. The molecule has 0 bridgehead atoms. The zero-order valence-corrected chi connectivity index (χ0v) is 18.2. The summed E-state index contributed by atoms with van der Waals surface area (Å²) in [4.78, 5) is 28.9. The van der Waals surface area contributed by atoms with Gasteiger partial charge in [-0.25, -0.2) is 0 Å². The van der Waals surface area contributed by atoms with E-state index < -0.39 is 0 Å². The summed E-state index contributed by atoms with van der Waals surface area (Å²) in [7, 11) is 0. The number of hydrogen-bond donors (Lipinski definition) is 2. The van der Waals surface area contributed by atoms with E-state index in [0.717, 1.165) is 43.9 Å². The minimum Gasteiger partial charge on any atom is -0.326 e. The number of nitrogens with one attached hydrogen (secondary N) is 2. The molecule has 2 atom stereocenters. The van der Waals surface area contributed by atoms with Crippen molar-refractivity contribution in [3.8, 4) is 0 Å². The van der Waals surface area contributed by atoms with Crippen molar-refractivity contribution in [2.45, 2.75) is 51.2 Å². The average Bonchev–Trinajstić information content (AvgIpc) is 3.39. The van der Waals surface area contributed by atoms with Gasteiger partial charge in [0, 0.05) is 36.9 Å². The van der Waals surface area contributed by atoms with Crippen molar-refractivity contribution >= 4 is 23.2 Å². The summed E-state index contributed by atoms with van der Waals surface area (Å²) in [6.07, 6.45) is 4.75. The zero-order chi connectivity index (χ0) is 21.6. The van der Waals surface area contributed by atoms with Crippen LogP contribution in [0.2, 0.25) is 0 Å². The lowest BCUT2D eigenvalue weighted by atomic mass is 10.0. The molecule has 0 aromatic heterocycles. The van der Waals surface area contributed by atoms with E-state index in [4.69, 9.17) is 0 Å². The molecule has 6 nitrogen and oxygen atoms in total. The summed E-state index contributed by atoms with van der Waals surface area (Å²) < 4.78 is 0. The molecular formula is C25H32N4O2. The van der Waals surface area contributed by atoms with Gasteiger partial charge in [0.05, 0.1) is 6.54 Å². The van der Waals surface area contributed by atoms with Crippen molar-refractivity contribution in [1.29, 1.82) is 0 Å². The highest BCUT2D eigenvalue weighted by Crippen LogP contribution is 2.31. The molecule has 2 N–H and O–H groups in total. The number of carbonyl (C=O) groups excluding carboxylic acids is 2. The SMILES string of the molecule is CC(=O)Nc1ccc(NC(=O)CN2CCCC2C2CCCN2Cc2ccccc2)cc1. The second kappa shape index (κ2) is 10.1. The van der Waals surface area contributed by atoms with Crippen molar-refractivity contribution < 1.29 is 9.59 Å². The van der Waals surface area contributed by atoms with Gasteiger partial charge in [-0.1, -0.05) is 30.3 Å². The smallest absolute Gasteiger partial charge is 0.238 e.